The van der Waals surface area contributed by atoms with Crippen LogP contribution < -0.4 is 5.32 Å². The highest BCUT2D eigenvalue weighted by atomic mass is 32.2. The molecule has 1 fully saturated rings. The predicted octanol–water partition coefficient (Wildman–Crippen LogP) is 3.06. The van der Waals surface area contributed by atoms with Gasteiger partial charge in [0.15, 0.2) is 0 Å². The number of anilines is 1. The van der Waals surface area contributed by atoms with E-state index in [0.717, 1.165) is 36.2 Å². The maximum Gasteiger partial charge on any atom is 0.148 e. The van der Waals surface area contributed by atoms with Crippen molar-refractivity contribution in [2.75, 3.05) is 37.0 Å². The molecule has 0 saturated carbocycles. The molecule has 2 rings (SSSR count). The van der Waals surface area contributed by atoms with Crippen LogP contribution in [-0.2, 0) is 0 Å². The molecule has 1 aliphatic rings. The van der Waals surface area contributed by atoms with E-state index in [1.165, 1.54) is 11.3 Å². The maximum atomic E-state index is 4.84. The van der Waals surface area contributed by atoms with Crippen LogP contribution in [0, 0.1) is 6.92 Å². The second kappa shape index (κ2) is 6.76. The van der Waals surface area contributed by atoms with Gasteiger partial charge in [-0.05, 0) is 26.8 Å². The SMILES string of the molecule is CCNc1nc(C2CSCCN2C)nc(C)c1C(C)C. The summed E-state index contributed by atoms with van der Waals surface area (Å²) >= 11 is 2.00. The number of aromatic nitrogens is 2. The molecule has 1 N–H and O–H groups in total. The molecular weight excluding hydrogens is 268 g/mol. The van der Waals surface area contributed by atoms with Gasteiger partial charge in [0.1, 0.15) is 11.6 Å². The highest BCUT2D eigenvalue weighted by molar-refractivity contribution is 7.99. The highest BCUT2D eigenvalue weighted by Crippen LogP contribution is 2.30. The van der Waals surface area contributed by atoms with Crippen molar-refractivity contribution in [1.29, 1.82) is 0 Å². The molecule has 0 aliphatic carbocycles. The van der Waals surface area contributed by atoms with Gasteiger partial charge in [-0.1, -0.05) is 13.8 Å². The van der Waals surface area contributed by atoms with Crippen molar-refractivity contribution < 1.29 is 0 Å². The Labute approximate surface area is 126 Å². The molecule has 0 spiro atoms. The summed E-state index contributed by atoms with van der Waals surface area (Å²) in [4.78, 5) is 12.0. The van der Waals surface area contributed by atoms with Crippen LogP contribution in [0.25, 0.3) is 0 Å². The van der Waals surface area contributed by atoms with Crippen molar-refractivity contribution >= 4 is 17.6 Å². The molecule has 0 radical (unpaired) electrons. The van der Waals surface area contributed by atoms with Gasteiger partial charge in [0.05, 0.1) is 6.04 Å². The normalized spacial score (nSPS) is 20.4. The second-order valence-electron chi connectivity index (χ2n) is 5.69. The van der Waals surface area contributed by atoms with E-state index < -0.39 is 0 Å². The molecule has 4 nitrogen and oxygen atoms in total. The van der Waals surface area contributed by atoms with Gasteiger partial charge in [-0.15, -0.1) is 0 Å². The van der Waals surface area contributed by atoms with Crippen LogP contribution in [0.3, 0.4) is 0 Å². The Bertz CT molecular complexity index is 461. The van der Waals surface area contributed by atoms with Crippen LogP contribution in [0.1, 0.15) is 49.8 Å². The molecule has 20 heavy (non-hydrogen) atoms. The molecule has 5 heteroatoms. The molecule has 1 unspecified atom stereocenters. The second-order valence-corrected chi connectivity index (χ2v) is 6.84. The van der Waals surface area contributed by atoms with E-state index in [9.17, 15) is 0 Å². The lowest BCUT2D eigenvalue weighted by atomic mass is 10.0. The smallest absolute Gasteiger partial charge is 0.148 e. The Kier molecular flexibility index (Phi) is 5.27. The first-order valence-corrected chi connectivity index (χ1v) is 8.60. The molecule has 112 valence electrons. The molecule has 0 aromatic carbocycles. The zero-order chi connectivity index (χ0) is 14.7. The van der Waals surface area contributed by atoms with Crippen molar-refractivity contribution in [3.63, 3.8) is 0 Å². The number of nitrogens with one attached hydrogen (secondary N) is 1. The fraction of sp³-hybridized carbons (Fsp3) is 0.733. The largest absolute Gasteiger partial charge is 0.370 e. The number of aryl methyl sites for hydroxylation is 1. The molecule has 0 bridgehead atoms. The quantitative estimate of drug-likeness (QED) is 0.924. The Hall–Kier alpha value is -0.810. The molecule has 0 amide bonds. The summed E-state index contributed by atoms with van der Waals surface area (Å²) in [7, 11) is 2.17. The van der Waals surface area contributed by atoms with Crippen molar-refractivity contribution in [1.82, 2.24) is 14.9 Å². The van der Waals surface area contributed by atoms with E-state index in [1.54, 1.807) is 0 Å². The summed E-state index contributed by atoms with van der Waals surface area (Å²) in [6.07, 6.45) is 0. The number of hydrogen-bond acceptors (Lipinski definition) is 5. The molecular formula is C15H26N4S. The van der Waals surface area contributed by atoms with Crippen molar-refractivity contribution in [2.24, 2.45) is 0 Å². The third-order valence-corrected chi connectivity index (χ3v) is 4.79. The van der Waals surface area contributed by atoms with Crippen LogP contribution in [-0.4, -0.2) is 46.5 Å². The summed E-state index contributed by atoms with van der Waals surface area (Å²) in [5.41, 5.74) is 2.37. The monoisotopic (exact) mass is 294 g/mol. The summed E-state index contributed by atoms with van der Waals surface area (Å²) < 4.78 is 0. The van der Waals surface area contributed by atoms with Crippen LogP contribution >= 0.6 is 11.8 Å². The lowest BCUT2D eigenvalue weighted by molar-refractivity contribution is 0.264. The predicted molar refractivity (Wildman–Crippen MR) is 87.7 cm³/mol. The van der Waals surface area contributed by atoms with E-state index in [2.05, 4.69) is 45.0 Å². The number of nitrogens with zero attached hydrogens (tertiary/aromatic N) is 3. The van der Waals surface area contributed by atoms with Crippen LogP contribution in [0.2, 0.25) is 0 Å². The zero-order valence-electron chi connectivity index (χ0n) is 13.2. The van der Waals surface area contributed by atoms with Gasteiger partial charge in [0.25, 0.3) is 0 Å². The van der Waals surface area contributed by atoms with Gasteiger partial charge in [-0.3, -0.25) is 4.90 Å². The Morgan fingerprint density at radius 2 is 2.15 bits per heavy atom. The number of thioether (sulfide) groups is 1. The van der Waals surface area contributed by atoms with E-state index in [-0.39, 0.29) is 0 Å². The average molecular weight is 294 g/mol. The van der Waals surface area contributed by atoms with Crippen molar-refractivity contribution in [3.05, 3.63) is 17.1 Å². The van der Waals surface area contributed by atoms with Crippen LogP contribution in [0.15, 0.2) is 0 Å². The van der Waals surface area contributed by atoms with Gasteiger partial charge < -0.3 is 5.32 Å². The summed E-state index contributed by atoms with van der Waals surface area (Å²) in [5.74, 6) is 4.72. The van der Waals surface area contributed by atoms with Crippen molar-refractivity contribution in [3.8, 4) is 0 Å². The summed E-state index contributed by atoms with van der Waals surface area (Å²) in [5, 5.41) is 3.42. The first-order valence-electron chi connectivity index (χ1n) is 7.44. The topological polar surface area (TPSA) is 41.1 Å². The van der Waals surface area contributed by atoms with Gasteiger partial charge in [0.2, 0.25) is 0 Å². The van der Waals surface area contributed by atoms with Crippen LogP contribution in [0.4, 0.5) is 5.82 Å². The molecule has 1 atom stereocenters. The van der Waals surface area contributed by atoms with Gasteiger partial charge >= 0.3 is 0 Å². The van der Waals surface area contributed by atoms with Crippen molar-refractivity contribution in [2.45, 2.75) is 39.7 Å². The fourth-order valence-electron chi connectivity index (χ4n) is 2.70. The minimum Gasteiger partial charge on any atom is -0.370 e. The lowest BCUT2D eigenvalue weighted by Crippen LogP contribution is -2.34. The van der Waals surface area contributed by atoms with Gasteiger partial charge in [0, 0.05) is 35.9 Å². The average Bonchev–Trinajstić information content (AvgIpc) is 2.38. The van der Waals surface area contributed by atoms with E-state index in [4.69, 9.17) is 9.97 Å². The van der Waals surface area contributed by atoms with E-state index in [0.29, 0.717) is 12.0 Å². The van der Waals surface area contributed by atoms with Gasteiger partial charge in [-0.2, -0.15) is 11.8 Å². The maximum absolute atomic E-state index is 4.84. The third-order valence-electron chi connectivity index (χ3n) is 3.77. The lowest BCUT2D eigenvalue weighted by Gasteiger charge is -2.31. The Balaban J connectivity index is 2.39. The number of hydrogen-bond donors (Lipinski definition) is 1. The van der Waals surface area contributed by atoms with E-state index in [1.807, 2.05) is 11.8 Å². The Morgan fingerprint density at radius 1 is 1.40 bits per heavy atom. The zero-order valence-corrected chi connectivity index (χ0v) is 14.0. The standard InChI is InChI=1S/C15H26N4S/c1-6-16-15-13(10(2)3)11(4)17-14(18-15)12-9-20-8-7-19(12)5/h10,12H,6-9H2,1-5H3,(H,16,17,18). The van der Waals surface area contributed by atoms with Gasteiger partial charge in [-0.25, -0.2) is 9.97 Å². The first-order chi connectivity index (χ1) is 9.54. The highest BCUT2D eigenvalue weighted by Gasteiger charge is 2.25. The molecule has 1 saturated heterocycles. The molecule has 1 aromatic heterocycles. The van der Waals surface area contributed by atoms with E-state index >= 15 is 0 Å². The Morgan fingerprint density at radius 3 is 2.75 bits per heavy atom. The van der Waals surface area contributed by atoms with Crippen LogP contribution in [0.5, 0.6) is 0 Å². The third kappa shape index (κ3) is 3.26. The fourth-order valence-corrected chi connectivity index (χ4v) is 3.91. The molecule has 1 aromatic rings. The number of rotatable bonds is 4. The summed E-state index contributed by atoms with van der Waals surface area (Å²) in [6.45, 7) is 10.6. The first kappa shape index (κ1) is 15.6. The molecule has 2 heterocycles. The minimum absolute atomic E-state index is 0.339. The minimum atomic E-state index is 0.339. The summed E-state index contributed by atoms with van der Waals surface area (Å²) in [6, 6.07) is 0.339. The molecule has 1 aliphatic heterocycles.